The van der Waals surface area contributed by atoms with Crippen molar-refractivity contribution in [3.8, 4) is 5.75 Å². The third-order valence-corrected chi connectivity index (χ3v) is 9.39. The number of carbonyl (C=O) groups is 1. The highest BCUT2D eigenvalue weighted by molar-refractivity contribution is 5.97. The molecular formula is C36H48N10O3. The Balaban J connectivity index is 1.17. The molecule has 49 heavy (non-hydrogen) atoms. The maximum atomic E-state index is 13.5. The molecule has 1 aliphatic carbocycles. The van der Waals surface area contributed by atoms with Gasteiger partial charge in [-0.1, -0.05) is 45.0 Å². The summed E-state index contributed by atoms with van der Waals surface area (Å²) in [5.74, 6) is 1.93. The number of urea groups is 1. The SMILES string of the molecule is C[C@@H]1CCC[C@H](C)N1c1nnc2ccc(O[C@@H]3CC[C@H](NC(=O)N/C(=C/C(=N)C(C)(C)C)Nc4cnn(CCO)c4)c4ccccc43)cn12. The number of ether oxygens (including phenoxy) is 1. The minimum absolute atomic E-state index is 0.0381. The van der Waals surface area contributed by atoms with Crippen LogP contribution in [0.2, 0.25) is 0 Å². The van der Waals surface area contributed by atoms with Crippen LogP contribution in [0.1, 0.15) is 90.0 Å². The normalized spacial score (nSPS) is 21.3. The van der Waals surface area contributed by atoms with E-state index >= 15 is 0 Å². The Morgan fingerprint density at radius 2 is 1.80 bits per heavy atom. The summed E-state index contributed by atoms with van der Waals surface area (Å²) in [6, 6.07) is 12.1. The summed E-state index contributed by atoms with van der Waals surface area (Å²) < 4.78 is 10.3. The molecule has 0 bridgehead atoms. The van der Waals surface area contributed by atoms with Crippen molar-refractivity contribution in [2.75, 3.05) is 16.8 Å². The number of carbonyl (C=O) groups excluding carboxylic acids is 1. The van der Waals surface area contributed by atoms with Crippen LogP contribution >= 0.6 is 0 Å². The van der Waals surface area contributed by atoms with Crippen LogP contribution in [0.4, 0.5) is 16.4 Å². The molecule has 5 N–H and O–H groups in total. The molecule has 1 aliphatic heterocycles. The van der Waals surface area contributed by atoms with Crippen LogP contribution in [0, 0.1) is 10.8 Å². The first kappa shape index (κ1) is 34.0. The Morgan fingerprint density at radius 3 is 2.53 bits per heavy atom. The van der Waals surface area contributed by atoms with Crippen LogP contribution in [-0.2, 0) is 6.54 Å². The number of allylic oxidation sites excluding steroid dienone is 1. The summed E-state index contributed by atoms with van der Waals surface area (Å²) in [7, 11) is 0. The molecule has 6 rings (SSSR count). The number of benzene rings is 1. The van der Waals surface area contributed by atoms with Crippen molar-refractivity contribution in [1.82, 2.24) is 35.0 Å². The van der Waals surface area contributed by atoms with E-state index in [1.807, 2.05) is 61.7 Å². The summed E-state index contributed by atoms with van der Waals surface area (Å²) >= 11 is 0. The van der Waals surface area contributed by atoms with Crippen LogP contribution in [0.3, 0.4) is 0 Å². The van der Waals surface area contributed by atoms with Gasteiger partial charge in [0.15, 0.2) is 5.65 Å². The summed E-state index contributed by atoms with van der Waals surface area (Å²) in [6.45, 7) is 10.6. The summed E-state index contributed by atoms with van der Waals surface area (Å²) in [5, 5.41) is 40.3. The molecule has 1 aromatic carbocycles. The van der Waals surface area contributed by atoms with E-state index in [1.165, 1.54) is 6.42 Å². The number of aliphatic hydroxyl groups excluding tert-OH is 1. The van der Waals surface area contributed by atoms with Gasteiger partial charge in [-0.3, -0.25) is 14.4 Å². The van der Waals surface area contributed by atoms with Gasteiger partial charge in [-0.15, -0.1) is 10.2 Å². The minimum Gasteiger partial charge on any atom is -0.484 e. The Bertz CT molecular complexity index is 1810. The second kappa shape index (κ2) is 14.3. The molecule has 260 valence electrons. The van der Waals surface area contributed by atoms with Crippen LogP contribution in [0.25, 0.3) is 5.65 Å². The standard InChI is InChI=1S/C36H48N10O3/c1-23-9-8-10-24(2)46(23)35-43-42-33-16-13-26(22-45(33)35)49-30-15-14-29(27-11-6-7-12-28(27)30)40-34(48)41-32(19-31(37)36(3,4)5)39-25-20-38-44(21-25)17-18-47/h6-7,11-13,16,19-24,29-30,37,39,47H,8-10,14-15,17-18H2,1-5H3,(H2,40,41,48)/b32-19+,37-31?/t23-,24+,29-,30+/m0/s1. The van der Waals surface area contributed by atoms with Crippen molar-refractivity contribution < 1.29 is 14.6 Å². The molecule has 2 amide bonds. The van der Waals surface area contributed by atoms with Gasteiger partial charge >= 0.3 is 6.03 Å². The van der Waals surface area contributed by atoms with Gasteiger partial charge in [0.2, 0.25) is 5.95 Å². The molecule has 1 fully saturated rings. The fraction of sp³-hybridized carbons (Fsp3) is 0.472. The zero-order valence-electron chi connectivity index (χ0n) is 29.0. The van der Waals surface area contributed by atoms with Crippen LogP contribution in [0.15, 0.2) is 66.9 Å². The van der Waals surface area contributed by atoms with E-state index in [4.69, 9.17) is 10.1 Å². The molecule has 13 heteroatoms. The fourth-order valence-corrected chi connectivity index (χ4v) is 6.70. The largest absolute Gasteiger partial charge is 0.484 e. The van der Waals surface area contributed by atoms with Gasteiger partial charge in [0.25, 0.3) is 0 Å². The molecule has 4 heterocycles. The molecular weight excluding hydrogens is 620 g/mol. The summed E-state index contributed by atoms with van der Waals surface area (Å²) in [6.07, 6.45) is 11.6. The highest BCUT2D eigenvalue weighted by Gasteiger charge is 2.31. The fourth-order valence-electron chi connectivity index (χ4n) is 6.70. The van der Waals surface area contributed by atoms with E-state index in [-0.39, 0.29) is 18.8 Å². The first-order valence-corrected chi connectivity index (χ1v) is 17.2. The molecule has 3 aromatic heterocycles. The lowest BCUT2D eigenvalue weighted by Gasteiger charge is -2.39. The van der Waals surface area contributed by atoms with E-state index in [0.29, 0.717) is 48.7 Å². The van der Waals surface area contributed by atoms with Gasteiger partial charge in [-0.05, 0) is 69.2 Å². The summed E-state index contributed by atoms with van der Waals surface area (Å²) in [4.78, 5) is 15.8. The second-order valence-corrected chi connectivity index (χ2v) is 14.2. The first-order chi connectivity index (χ1) is 23.5. The van der Waals surface area contributed by atoms with E-state index in [1.54, 1.807) is 23.2 Å². The Morgan fingerprint density at radius 1 is 1.04 bits per heavy atom. The van der Waals surface area contributed by atoms with Crippen LogP contribution in [0.5, 0.6) is 5.75 Å². The van der Waals surface area contributed by atoms with E-state index < -0.39 is 11.4 Å². The average molecular weight is 669 g/mol. The van der Waals surface area contributed by atoms with Crippen molar-refractivity contribution in [1.29, 1.82) is 5.41 Å². The number of aliphatic hydroxyl groups is 1. The quantitative estimate of drug-likeness (QED) is 0.130. The van der Waals surface area contributed by atoms with Gasteiger partial charge in [0.05, 0.1) is 37.3 Å². The topological polar surface area (TPSA) is 158 Å². The number of amides is 2. The van der Waals surface area contributed by atoms with Crippen molar-refractivity contribution in [3.63, 3.8) is 0 Å². The molecule has 2 aliphatic rings. The van der Waals surface area contributed by atoms with Crippen molar-refractivity contribution >= 4 is 29.0 Å². The van der Waals surface area contributed by atoms with E-state index in [0.717, 1.165) is 41.3 Å². The lowest BCUT2D eigenvalue weighted by Crippen LogP contribution is -2.44. The number of nitrogens with zero attached hydrogens (tertiary/aromatic N) is 6. The number of fused-ring (bicyclic) bond motifs is 2. The predicted octanol–water partition coefficient (Wildman–Crippen LogP) is 5.96. The van der Waals surface area contributed by atoms with Gasteiger partial charge < -0.3 is 30.8 Å². The van der Waals surface area contributed by atoms with E-state index in [2.05, 4.69) is 56.1 Å². The van der Waals surface area contributed by atoms with Gasteiger partial charge in [0, 0.05) is 35.5 Å². The third-order valence-electron chi connectivity index (χ3n) is 9.39. The monoisotopic (exact) mass is 668 g/mol. The smallest absolute Gasteiger partial charge is 0.320 e. The predicted molar refractivity (Wildman–Crippen MR) is 190 cm³/mol. The van der Waals surface area contributed by atoms with Crippen LogP contribution < -0.4 is 25.6 Å². The Labute approximate surface area is 287 Å². The van der Waals surface area contributed by atoms with Gasteiger partial charge in [-0.2, -0.15) is 5.10 Å². The summed E-state index contributed by atoms with van der Waals surface area (Å²) in [5.41, 5.74) is 3.36. The van der Waals surface area contributed by atoms with Crippen molar-refractivity contribution in [2.24, 2.45) is 5.41 Å². The maximum Gasteiger partial charge on any atom is 0.320 e. The second-order valence-electron chi connectivity index (χ2n) is 14.2. The first-order valence-electron chi connectivity index (χ1n) is 17.2. The van der Waals surface area contributed by atoms with Crippen LogP contribution in [-0.4, -0.2) is 59.9 Å². The zero-order chi connectivity index (χ0) is 34.7. The number of rotatable bonds is 10. The molecule has 0 saturated carbocycles. The van der Waals surface area contributed by atoms with Crippen molar-refractivity contribution in [2.45, 2.75) is 97.5 Å². The lowest BCUT2D eigenvalue weighted by atomic mass is 9.85. The molecule has 13 nitrogen and oxygen atoms in total. The number of hydrogen-bond acceptors (Lipinski definition) is 9. The van der Waals surface area contributed by atoms with E-state index in [9.17, 15) is 9.90 Å². The maximum absolute atomic E-state index is 13.5. The zero-order valence-corrected chi connectivity index (χ0v) is 29.0. The molecule has 4 aromatic rings. The number of pyridine rings is 1. The lowest BCUT2D eigenvalue weighted by molar-refractivity contribution is 0.171. The third kappa shape index (κ3) is 7.72. The molecule has 1 saturated heterocycles. The molecule has 0 spiro atoms. The molecule has 4 atom stereocenters. The van der Waals surface area contributed by atoms with Crippen molar-refractivity contribution in [3.05, 3.63) is 78.0 Å². The van der Waals surface area contributed by atoms with Gasteiger partial charge in [0.1, 0.15) is 17.7 Å². The highest BCUT2D eigenvalue weighted by Crippen LogP contribution is 2.39. The number of hydrogen-bond donors (Lipinski definition) is 5. The highest BCUT2D eigenvalue weighted by atomic mass is 16.5. The minimum atomic E-state index is -0.422. The Hall–Kier alpha value is -4.91. The molecule has 0 unspecified atom stereocenters. The number of aromatic nitrogens is 5. The number of nitrogens with one attached hydrogen (secondary N) is 4. The number of anilines is 2. The average Bonchev–Trinajstić information content (AvgIpc) is 3.68. The molecule has 0 radical (unpaired) electrons. The van der Waals surface area contributed by atoms with Gasteiger partial charge in [-0.25, -0.2) is 4.79 Å². The number of piperidine rings is 1. The Kier molecular flexibility index (Phi) is 9.91.